The van der Waals surface area contributed by atoms with E-state index in [1.165, 1.54) is 0 Å². The third kappa shape index (κ3) is 2.24. The molecule has 3 aliphatic carbocycles. The Morgan fingerprint density at radius 3 is 1.42 bits per heavy atom. The van der Waals surface area contributed by atoms with E-state index in [1.54, 1.807) is 54.6 Å². The largest absolute Gasteiger partial charge is 0.293 e. The Kier molecular flexibility index (Phi) is 3.51. The Labute approximate surface area is 177 Å². The summed E-state index contributed by atoms with van der Waals surface area (Å²) in [4.78, 5) is 52.4. The van der Waals surface area contributed by atoms with Gasteiger partial charge in [0.25, 0.3) is 0 Å². The van der Waals surface area contributed by atoms with Gasteiger partial charge in [0.05, 0.1) is 5.57 Å². The van der Waals surface area contributed by atoms with Crippen molar-refractivity contribution in [2.75, 3.05) is 0 Å². The van der Waals surface area contributed by atoms with Gasteiger partial charge in [0, 0.05) is 22.3 Å². The average Bonchev–Trinajstić information content (AvgIpc) is 3.38. The number of allylic oxidation sites excluding steroid dienone is 4. The minimum absolute atomic E-state index is 0.0964. The SMILES string of the molecule is O=C1C(=C2C=C(C3C(=O)c4ccccc4C3=O)c3ccccc32)C(=O)c2ccccc21. The molecule has 146 valence electrons. The van der Waals surface area contributed by atoms with Gasteiger partial charge in [-0.1, -0.05) is 72.8 Å². The highest BCUT2D eigenvalue weighted by Crippen LogP contribution is 2.46. The standard InChI is InChI=1S/C27H14O4/c28-24-16-9-3-4-10-17(16)25(29)22(24)20-13-21(15-8-2-1-7-14(15)20)23-26(30)18-11-5-6-12-19(18)27(23)31/h1-13,22H. The van der Waals surface area contributed by atoms with Gasteiger partial charge in [0.2, 0.25) is 0 Å². The lowest BCUT2D eigenvalue weighted by Gasteiger charge is -2.10. The van der Waals surface area contributed by atoms with E-state index in [4.69, 9.17) is 0 Å². The van der Waals surface area contributed by atoms with Gasteiger partial charge in [-0.05, 0) is 28.3 Å². The molecule has 0 aromatic heterocycles. The van der Waals surface area contributed by atoms with Crippen LogP contribution in [0.15, 0.2) is 84.4 Å². The predicted molar refractivity (Wildman–Crippen MR) is 115 cm³/mol. The summed E-state index contributed by atoms with van der Waals surface area (Å²) in [5.74, 6) is -2.11. The molecule has 0 atom stereocenters. The van der Waals surface area contributed by atoms with Gasteiger partial charge >= 0.3 is 0 Å². The molecule has 0 aliphatic heterocycles. The minimum atomic E-state index is -0.967. The molecule has 0 amide bonds. The Morgan fingerprint density at radius 2 is 0.903 bits per heavy atom. The van der Waals surface area contributed by atoms with Crippen molar-refractivity contribution in [1.82, 2.24) is 0 Å². The van der Waals surface area contributed by atoms with Gasteiger partial charge in [-0.3, -0.25) is 19.2 Å². The maximum absolute atomic E-state index is 13.1. The lowest BCUT2D eigenvalue weighted by atomic mass is 9.90. The number of hydrogen-bond acceptors (Lipinski definition) is 4. The molecule has 0 saturated carbocycles. The molecule has 4 nitrogen and oxygen atoms in total. The van der Waals surface area contributed by atoms with E-state index in [0.29, 0.717) is 44.5 Å². The van der Waals surface area contributed by atoms with Crippen LogP contribution in [0, 0.1) is 5.92 Å². The molecule has 0 spiro atoms. The van der Waals surface area contributed by atoms with Crippen LogP contribution in [0.5, 0.6) is 0 Å². The van der Waals surface area contributed by atoms with Crippen LogP contribution < -0.4 is 0 Å². The Morgan fingerprint density at radius 1 is 0.484 bits per heavy atom. The maximum Gasteiger partial charge on any atom is 0.198 e. The Hall–Kier alpha value is -4.18. The first-order valence-corrected chi connectivity index (χ1v) is 9.99. The van der Waals surface area contributed by atoms with Crippen LogP contribution in [-0.2, 0) is 0 Å². The quantitative estimate of drug-likeness (QED) is 0.339. The number of ketones is 4. The summed E-state index contributed by atoms with van der Waals surface area (Å²) >= 11 is 0. The highest BCUT2D eigenvalue weighted by Gasteiger charge is 2.44. The third-order valence-electron chi connectivity index (χ3n) is 6.26. The van der Waals surface area contributed by atoms with Gasteiger partial charge in [-0.2, -0.15) is 0 Å². The zero-order valence-corrected chi connectivity index (χ0v) is 16.2. The van der Waals surface area contributed by atoms with E-state index in [1.807, 2.05) is 24.3 Å². The van der Waals surface area contributed by atoms with E-state index >= 15 is 0 Å². The molecular formula is C27H14O4. The molecule has 6 rings (SSSR count). The van der Waals surface area contributed by atoms with Crippen molar-refractivity contribution in [3.63, 3.8) is 0 Å². The number of rotatable bonds is 1. The van der Waals surface area contributed by atoms with Crippen molar-refractivity contribution >= 4 is 34.3 Å². The number of hydrogen-bond donors (Lipinski definition) is 0. The predicted octanol–water partition coefficient (Wildman–Crippen LogP) is 4.61. The zero-order chi connectivity index (χ0) is 21.3. The van der Waals surface area contributed by atoms with Crippen LogP contribution in [0.1, 0.15) is 52.6 Å². The fourth-order valence-corrected chi connectivity index (χ4v) is 4.85. The Balaban J connectivity index is 1.57. The monoisotopic (exact) mass is 402 g/mol. The van der Waals surface area contributed by atoms with E-state index in [2.05, 4.69) is 0 Å². The molecule has 0 N–H and O–H groups in total. The van der Waals surface area contributed by atoms with E-state index in [-0.39, 0.29) is 28.7 Å². The average molecular weight is 402 g/mol. The van der Waals surface area contributed by atoms with Gasteiger partial charge in [0.15, 0.2) is 23.1 Å². The molecule has 0 bridgehead atoms. The van der Waals surface area contributed by atoms with E-state index < -0.39 is 5.92 Å². The second-order valence-electron chi connectivity index (χ2n) is 7.84. The van der Waals surface area contributed by atoms with Crippen LogP contribution in [0.2, 0.25) is 0 Å². The van der Waals surface area contributed by atoms with Gasteiger partial charge in [0.1, 0.15) is 5.92 Å². The summed E-state index contributed by atoms with van der Waals surface area (Å²) in [5, 5.41) is 0. The fourth-order valence-electron chi connectivity index (χ4n) is 4.85. The second-order valence-corrected chi connectivity index (χ2v) is 7.84. The van der Waals surface area contributed by atoms with E-state index in [0.717, 1.165) is 0 Å². The lowest BCUT2D eigenvalue weighted by molar-refractivity contribution is 0.0876. The highest BCUT2D eigenvalue weighted by molar-refractivity contribution is 6.43. The number of benzene rings is 3. The lowest BCUT2D eigenvalue weighted by Crippen LogP contribution is -2.16. The molecule has 0 saturated heterocycles. The molecule has 0 fully saturated rings. The first-order chi connectivity index (χ1) is 15.1. The zero-order valence-electron chi connectivity index (χ0n) is 16.2. The summed E-state index contributed by atoms with van der Waals surface area (Å²) in [6, 6.07) is 20.9. The summed E-state index contributed by atoms with van der Waals surface area (Å²) < 4.78 is 0. The number of Topliss-reactive ketones (excluding diaryl/α,β-unsaturated/α-hetero) is 4. The van der Waals surface area contributed by atoms with Crippen molar-refractivity contribution < 1.29 is 19.2 Å². The number of fused-ring (bicyclic) bond motifs is 3. The second kappa shape index (κ2) is 6.16. The van der Waals surface area contributed by atoms with Crippen molar-refractivity contribution in [2.24, 2.45) is 5.92 Å². The molecule has 3 aromatic rings. The fraction of sp³-hybridized carbons (Fsp3) is 0.0370. The molecule has 0 radical (unpaired) electrons. The van der Waals surface area contributed by atoms with Crippen molar-refractivity contribution in [3.05, 3.63) is 118 Å². The summed E-state index contributed by atoms with van der Waals surface area (Å²) in [6.45, 7) is 0. The van der Waals surface area contributed by atoms with E-state index in [9.17, 15) is 19.2 Å². The summed E-state index contributed by atoms with van der Waals surface area (Å²) in [7, 11) is 0. The maximum atomic E-state index is 13.1. The Bertz CT molecular complexity index is 1380. The summed E-state index contributed by atoms with van der Waals surface area (Å²) in [5.41, 5.74) is 4.12. The van der Waals surface area contributed by atoms with Crippen LogP contribution >= 0.6 is 0 Å². The molecule has 3 aromatic carbocycles. The summed E-state index contributed by atoms with van der Waals surface area (Å²) in [6.07, 6.45) is 1.69. The van der Waals surface area contributed by atoms with Crippen molar-refractivity contribution in [2.45, 2.75) is 0 Å². The van der Waals surface area contributed by atoms with Crippen molar-refractivity contribution in [1.29, 1.82) is 0 Å². The third-order valence-corrected chi connectivity index (χ3v) is 6.26. The van der Waals surface area contributed by atoms with Crippen LogP contribution in [-0.4, -0.2) is 23.1 Å². The smallest absolute Gasteiger partial charge is 0.198 e. The first kappa shape index (κ1) is 17.7. The minimum Gasteiger partial charge on any atom is -0.293 e. The normalized spacial score (nSPS) is 17.2. The molecule has 0 heterocycles. The molecule has 0 unspecified atom stereocenters. The molecular weight excluding hydrogens is 388 g/mol. The number of carbonyl (C=O) groups excluding carboxylic acids is 4. The van der Waals surface area contributed by atoms with Crippen molar-refractivity contribution in [3.8, 4) is 0 Å². The van der Waals surface area contributed by atoms with Gasteiger partial charge < -0.3 is 0 Å². The topological polar surface area (TPSA) is 68.3 Å². The van der Waals surface area contributed by atoms with Crippen LogP contribution in [0.3, 0.4) is 0 Å². The van der Waals surface area contributed by atoms with Crippen LogP contribution in [0.25, 0.3) is 11.1 Å². The molecule has 4 heteroatoms. The molecule has 3 aliphatic rings. The molecule has 31 heavy (non-hydrogen) atoms. The van der Waals surface area contributed by atoms with Crippen LogP contribution in [0.4, 0.5) is 0 Å². The number of carbonyl (C=O) groups is 4. The van der Waals surface area contributed by atoms with Gasteiger partial charge in [-0.15, -0.1) is 0 Å². The van der Waals surface area contributed by atoms with Gasteiger partial charge in [-0.25, -0.2) is 0 Å². The highest BCUT2D eigenvalue weighted by atomic mass is 16.2. The first-order valence-electron chi connectivity index (χ1n) is 9.99.